The average molecular weight is 258 g/mol. The number of hydrogen-bond donors (Lipinski definition) is 0. The van der Waals surface area contributed by atoms with E-state index in [0.29, 0.717) is 0 Å². The second-order valence-electron chi connectivity index (χ2n) is 5.01. The van der Waals surface area contributed by atoms with Crippen molar-refractivity contribution in [3.8, 4) is 11.1 Å². The molecule has 0 amide bonds. The van der Waals surface area contributed by atoms with Gasteiger partial charge in [0, 0.05) is 0 Å². The molecule has 3 aromatic carbocycles. The van der Waals surface area contributed by atoms with E-state index in [4.69, 9.17) is 0 Å². The lowest BCUT2D eigenvalue weighted by Crippen LogP contribution is -1.94. The largest absolute Gasteiger partial charge is 0.0622 e. The molecule has 3 aromatic rings. The van der Waals surface area contributed by atoms with Gasteiger partial charge in [-0.3, -0.25) is 0 Å². The van der Waals surface area contributed by atoms with Gasteiger partial charge in [0.05, 0.1) is 0 Å². The molecular formula is C20H18. The maximum atomic E-state index is 2.24. The Hall–Kier alpha value is -2.34. The van der Waals surface area contributed by atoms with Crippen LogP contribution >= 0.6 is 0 Å². The molecule has 0 aliphatic heterocycles. The van der Waals surface area contributed by atoms with Crippen LogP contribution < -0.4 is 0 Å². The molecule has 0 aliphatic rings. The Labute approximate surface area is 120 Å². The van der Waals surface area contributed by atoms with Crippen LogP contribution in [0.5, 0.6) is 0 Å². The molecule has 0 fully saturated rings. The number of rotatable bonds is 4. The number of benzene rings is 3. The van der Waals surface area contributed by atoms with E-state index in [0.717, 1.165) is 12.8 Å². The van der Waals surface area contributed by atoms with E-state index in [-0.39, 0.29) is 0 Å². The molecule has 0 spiro atoms. The summed E-state index contributed by atoms with van der Waals surface area (Å²) in [6, 6.07) is 30.0. The summed E-state index contributed by atoms with van der Waals surface area (Å²) >= 11 is 0. The van der Waals surface area contributed by atoms with Crippen molar-refractivity contribution in [3.05, 3.63) is 96.1 Å². The van der Waals surface area contributed by atoms with Gasteiger partial charge in [0.2, 0.25) is 0 Å². The Morgan fingerprint density at radius 2 is 1.10 bits per heavy atom. The van der Waals surface area contributed by atoms with Crippen molar-refractivity contribution in [2.24, 2.45) is 0 Å². The Bertz CT molecular complexity index is 654. The van der Waals surface area contributed by atoms with Crippen LogP contribution in [-0.4, -0.2) is 0 Å². The van der Waals surface area contributed by atoms with Gasteiger partial charge in [-0.2, -0.15) is 0 Å². The van der Waals surface area contributed by atoms with Crippen LogP contribution in [0.15, 0.2) is 84.9 Å². The summed E-state index contributed by atoms with van der Waals surface area (Å²) in [5.74, 6) is 0. The lowest BCUT2D eigenvalue weighted by molar-refractivity contribution is 0.962. The second-order valence-corrected chi connectivity index (χ2v) is 5.01. The standard InChI is InChI=1S/C20H18/c1-3-9-17(10-4-1)15-16-19-13-7-8-14-20(19)18-11-5-2-6-12-18/h1-14H,15-16H2. The summed E-state index contributed by atoms with van der Waals surface area (Å²) < 4.78 is 0. The maximum absolute atomic E-state index is 2.24. The summed E-state index contributed by atoms with van der Waals surface area (Å²) in [6.45, 7) is 0. The fourth-order valence-corrected chi connectivity index (χ4v) is 2.56. The number of aryl methyl sites for hydroxylation is 2. The minimum Gasteiger partial charge on any atom is -0.0622 e. The second kappa shape index (κ2) is 6.21. The van der Waals surface area contributed by atoms with E-state index in [9.17, 15) is 0 Å². The molecule has 0 saturated heterocycles. The predicted octanol–water partition coefficient (Wildman–Crippen LogP) is 5.14. The first-order chi connectivity index (χ1) is 9.93. The van der Waals surface area contributed by atoms with Gasteiger partial charge in [-0.05, 0) is 35.1 Å². The van der Waals surface area contributed by atoms with Gasteiger partial charge in [0.15, 0.2) is 0 Å². The lowest BCUT2D eigenvalue weighted by atomic mass is 9.95. The van der Waals surface area contributed by atoms with E-state index in [1.54, 1.807) is 0 Å². The van der Waals surface area contributed by atoms with Crippen LogP contribution in [-0.2, 0) is 12.8 Å². The van der Waals surface area contributed by atoms with Gasteiger partial charge in [-0.1, -0.05) is 84.9 Å². The smallest absolute Gasteiger partial charge is 0.0152 e. The van der Waals surface area contributed by atoms with Gasteiger partial charge in [0.1, 0.15) is 0 Å². The van der Waals surface area contributed by atoms with E-state index in [2.05, 4.69) is 84.9 Å². The van der Waals surface area contributed by atoms with Gasteiger partial charge in [-0.15, -0.1) is 0 Å². The Morgan fingerprint density at radius 3 is 1.85 bits per heavy atom. The van der Waals surface area contributed by atoms with E-state index < -0.39 is 0 Å². The highest BCUT2D eigenvalue weighted by Crippen LogP contribution is 2.24. The minimum atomic E-state index is 1.08. The van der Waals surface area contributed by atoms with Crippen molar-refractivity contribution in [1.82, 2.24) is 0 Å². The van der Waals surface area contributed by atoms with Crippen LogP contribution in [0.4, 0.5) is 0 Å². The highest BCUT2D eigenvalue weighted by molar-refractivity contribution is 5.67. The molecule has 0 unspecified atom stereocenters. The summed E-state index contributed by atoms with van der Waals surface area (Å²) in [5, 5.41) is 0. The molecule has 0 saturated carbocycles. The monoisotopic (exact) mass is 258 g/mol. The van der Waals surface area contributed by atoms with E-state index >= 15 is 0 Å². The van der Waals surface area contributed by atoms with Crippen LogP contribution in [0.25, 0.3) is 11.1 Å². The van der Waals surface area contributed by atoms with Gasteiger partial charge < -0.3 is 0 Å². The fraction of sp³-hybridized carbons (Fsp3) is 0.100. The van der Waals surface area contributed by atoms with Gasteiger partial charge in [-0.25, -0.2) is 0 Å². The van der Waals surface area contributed by atoms with Crippen molar-refractivity contribution in [3.63, 3.8) is 0 Å². The summed E-state index contributed by atoms with van der Waals surface area (Å²) in [6.07, 6.45) is 2.17. The highest BCUT2D eigenvalue weighted by Gasteiger charge is 2.04. The van der Waals surface area contributed by atoms with Crippen LogP contribution in [0, 0.1) is 0 Å². The first kappa shape index (κ1) is 12.7. The van der Waals surface area contributed by atoms with Crippen molar-refractivity contribution in [1.29, 1.82) is 0 Å². The van der Waals surface area contributed by atoms with Crippen molar-refractivity contribution >= 4 is 0 Å². The Kier molecular flexibility index (Phi) is 3.93. The summed E-state index contributed by atoms with van der Waals surface area (Å²) in [7, 11) is 0. The van der Waals surface area contributed by atoms with Crippen LogP contribution in [0.1, 0.15) is 11.1 Å². The normalized spacial score (nSPS) is 10.4. The zero-order valence-corrected chi connectivity index (χ0v) is 11.5. The molecule has 0 nitrogen and oxygen atoms in total. The molecule has 0 N–H and O–H groups in total. The summed E-state index contributed by atoms with van der Waals surface area (Å²) in [4.78, 5) is 0. The molecule has 0 aliphatic carbocycles. The SMILES string of the molecule is c1ccc(CCc2ccccc2-c2ccccc2)cc1. The van der Waals surface area contributed by atoms with Gasteiger partial charge in [0.25, 0.3) is 0 Å². The quantitative estimate of drug-likeness (QED) is 0.608. The predicted molar refractivity (Wildman–Crippen MR) is 85.7 cm³/mol. The minimum absolute atomic E-state index is 1.08. The summed E-state index contributed by atoms with van der Waals surface area (Å²) in [5.41, 5.74) is 5.47. The van der Waals surface area contributed by atoms with E-state index in [1.165, 1.54) is 22.3 Å². The highest BCUT2D eigenvalue weighted by atomic mass is 14.1. The van der Waals surface area contributed by atoms with Gasteiger partial charge >= 0.3 is 0 Å². The third kappa shape index (κ3) is 2.97. The molecule has 98 valence electrons. The third-order valence-electron chi connectivity index (χ3n) is 3.63. The molecule has 0 radical (unpaired) electrons. The molecule has 0 heterocycles. The topological polar surface area (TPSA) is 0 Å². The molecule has 0 atom stereocenters. The van der Waals surface area contributed by atoms with Crippen LogP contribution in [0.3, 0.4) is 0 Å². The first-order valence-electron chi connectivity index (χ1n) is 7.11. The molecule has 0 bridgehead atoms. The van der Waals surface area contributed by atoms with Crippen molar-refractivity contribution in [2.75, 3.05) is 0 Å². The molecule has 0 aromatic heterocycles. The average Bonchev–Trinajstić information content (AvgIpc) is 2.55. The van der Waals surface area contributed by atoms with Crippen molar-refractivity contribution in [2.45, 2.75) is 12.8 Å². The molecular weight excluding hydrogens is 240 g/mol. The fourth-order valence-electron chi connectivity index (χ4n) is 2.56. The lowest BCUT2D eigenvalue weighted by Gasteiger charge is -2.09. The Balaban J connectivity index is 1.84. The third-order valence-corrected chi connectivity index (χ3v) is 3.63. The Morgan fingerprint density at radius 1 is 0.500 bits per heavy atom. The van der Waals surface area contributed by atoms with Crippen LogP contribution in [0.2, 0.25) is 0 Å². The zero-order valence-electron chi connectivity index (χ0n) is 11.5. The molecule has 20 heavy (non-hydrogen) atoms. The maximum Gasteiger partial charge on any atom is -0.0152 e. The first-order valence-corrected chi connectivity index (χ1v) is 7.11. The molecule has 3 rings (SSSR count). The van der Waals surface area contributed by atoms with Crippen molar-refractivity contribution < 1.29 is 0 Å². The van der Waals surface area contributed by atoms with E-state index in [1.807, 2.05) is 0 Å². The number of hydrogen-bond acceptors (Lipinski definition) is 0. The zero-order chi connectivity index (χ0) is 13.6. The molecule has 0 heteroatoms.